The fraction of sp³-hybridized carbons (Fsp3) is 0.667. The smallest absolute Gasteiger partial charge is 0.223 e. The highest BCUT2D eigenvalue weighted by Gasteiger charge is 2.36. The highest BCUT2D eigenvalue weighted by molar-refractivity contribution is 5.85. The van der Waals surface area contributed by atoms with Gasteiger partial charge in [-0.1, -0.05) is 49.6 Å². The van der Waals surface area contributed by atoms with E-state index in [-0.39, 0.29) is 17.8 Å². The van der Waals surface area contributed by atoms with Gasteiger partial charge < -0.3 is 15.4 Å². The Morgan fingerprint density at radius 3 is 2.62 bits per heavy atom. The molecule has 1 unspecified atom stereocenters. The van der Waals surface area contributed by atoms with Crippen LogP contribution in [0.1, 0.15) is 50.5 Å². The first-order valence-corrected chi connectivity index (χ1v) is 9.80. The highest BCUT2D eigenvalue weighted by atomic mass is 35.5. The van der Waals surface area contributed by atoms with Gasteiger partial charge in [0.1, 0.15) is 0 Å². The van der Waals surface area contributed by atoms with Gasteiger partial charge >= 0.3 is 0 Å². The van der Waals surface area contributed by atoms with Gasteiger partial charge in [-0.05, 0) is 36.8 Å². The molecule has 1 heterocycles. The SMILES string of the molecule is Cl.NCC1(CC(=O)N2CCC(COCc3ccccc3)C2)CCCCC1. The van der Waals surface area contributed by atoms with Crippen molar-refractivity contribution in [1.82, 2.24) is 4.90 Å². The molecular weight excluding hydrogens is 348 g/mol. The van der Waals surface area contributed by atoms with Gasteiger partial charge in [0.2, 0.25) is 5.91 Å². The molecule has 2 aliphatic rings. The molecular formula is C21H33ClN2O2. The maximum atomic E-state index is 12.7. The average Bonchev–Trinajstić information content (AvgIpc) is 3.12. The van der Waals surface area contributed by atoms with E-state index in [1.807, 2.05) is 23.1 Å². The van der Waals surface area contributed by atoms with Gasteiger partial charge in [0, 0.05) is 25.4 Å². The number of ether oxygens (including phenoxy) is 1. The summed E-state index contributed by atoms with van der Waals surface area (Å²) in [5.41, 5.74) is 7.31. The van der Waals surface area contributed by atoms with Crippen molar-refractivity contribution in [3.8, 4) is 0 Å². The van der Waals surface area contributed by atoms with E-state index in [4.69, 9.17) is 10.5 Å². The lowest BCUT2D eigenvalue weighted by atomic mass is 9.71. The third-order valence-corrected chi connectivity index (χ3v) is 5.98. The Morgan fingerprint density at radius 1 is 1.19 bits per heavy atom. The number of nitrogens with zero attached hydrogens (tertiary/aromatic N) is 1. The average molecular weight is 381 g/mol. The molecule has 5 heteroatoms. The van der Waals surface area contributed by atoms with Crippen molar-refractivity contribution < 1.29 is 9.53 Å². The van der Waals surface area contributed by atoms with Crippen LogP contribution in [-0.2, 0) is 16.1 Å². The van der Waals surface area contributed by atoms with E-state index in [0.29, 0.717) is 31.4 Å². The van der Waals surface area contributed by atoms with Gasteiger partial charge in [-0.15, -0.1) is 12.4 Å². The molecule has 2 fully saturated rings. The molecule has 1 aliphatic carbocycles. The molecule has 0 aromatic heterocycles. The third-order valence-electron chi connectivity index (χ3n) is 5.98. The lowest BCUT2D eigenvalue weighted by Gasteiger charge is -2.36. The van der Waals surface area contributed by atoms with Crippen molar-refractivity contribution >= 4 is 18.3 Å². The van der Waals surface area contributed by atoms with Crippen LogP contribution in [0.4, 0.5) is 0 Å². The normalized spacial score (nSPS) is 22.0. The van der Waals surface area contributed by atoms with Crippen molar-refractivity contribution in [2.75, 3.05) is 26.2 Å². The van der Waals surface area contributed by atoms with Gasteiger partial charge in [0.15, 0.2) is 0 Å². The molecule has 1 aliphatic heterocycles. The van der Waals surface area contributed by atoms with Crippen molar-refractivity contribution in [2.45, 2.75) is 51.6 Å². The molecule has 0 radical (unpaired) electrons. The van der Waals surface area contributed by atoms with Gasteiger partial charge in [-0.25, -0.2) is 0 Å². The zero-order valence-corrected chi connectivity index (χ0v) is 16.5. The zero-order chi connectivity index (χ0) is 17.5. The minimum Gasteiger partial charge on any atom is -0.376 e. The molecule has 1 saturated heterocycles. The fourth-order valence-electron chi connectivity index (χ4n) is 4.30. The molecule has 1 saturated carbocycles. The van der Waals surface area contributed by atoms with Crippen molar-refractivity contribution in [1.29, 1.82) is 0 Å². The monoisotopic (exact) mass is 380 g/mol. The molecule has 146 valence electrons. The predicted molar refractivity (Wildman–Crippen MR) is 107 cm³/mol. The molecule has 1 aromatic carbocycles. The Hall–Kier alpha value is -1.10. The van der Waals surface area contributed by atoms with Crippen LogP contribution >= 0.6 is 12.4 Å². The van der Waals surface area contributed by atoms with Crippen LogP contribution in [0.2, 0.25) is 0 Å². The number of carbonyl (C=O) groups excluding carboxylic acids is 1. The first-order chi connectivity index (χ1) is 12.2. The molecule has 1 aromatic rings. The molecule has 1 atom stereocenters. The van der Waals surface area contributed by atoms with Crippen LogP contribution in [0.5, 0.6) is 0 Å². The number of benzene rings is 1. The summed E-state index contributed by atoms with van der Waals surface area (Å²) in [5, 5.41) is 0. The standard InChI is InChI=1S/C21H32N2O2.ClH/c22-17-21(10-5-2-6-11-21)13-20(24)23-12-9-19(14-23)16-25-15-18-7-3-1-4-8-18;/h1,3-4,7-8,19H,2,5-6,9-17,22H2;1H. The topological polar surface area (TPSA) is 55.6 Å². The van der Waals surface area contributed by atoms with E-state index in [0.717, 1.165) is 39.0 Å². The first kappa shape index (κ1) is 21.2. The van der Waals surface area contributed by atoms with Gasteiger partial charge in [-0.3, -0.25) is 4.79 Å². The largest absolute Gasteiger partial charge is 0.376 e. The summed E-state index contributed by atoms with van der Waals surface area (Å²) in [6.45, 7) is 3.76. The third kappa shape index (κ3) is 5.70. The summed E-state index contributed by atoms with van der Waals surface area (Å²) in [7, 11) is 0. The van der Waals surface area contributed by atoms with E-state index in [1.54, 1.807) is 0 Å². The molecule has 3 rings (SSSR count). The maximum absolute atomic E-state index is 12.7. The molecule has 4 nitrogen and oxygen atoms in total. The van der Waals surface area contributed by atoms with E-state index in [1.165, 1.54) is 24.8 Å². The summed E-state index contributed by atoms with van der Waals surface area (Å²) in [6, 6.07) is 10.3. The van der Waals surface area contributed by atoms with Crippen LogP contribution in [0.3, 0.4) is 0 Å². The summed E-state index contributed by atoms with van der Waals surface area (Å²) in [5.74, 6) is 0.769. The zero-order valence-electron chi connectivity index (χ0n) is 15.7. The van der Waals surface area contributed by atoms with Crippen LogP contribution < -0.4 is 5.73 Å². The van der Waals surface area contributed by atoms with E-state index in [2.05, 4.69) is 12.1 Å². The van der Waals surface area contributed by atoms with Crippen LogP contribution in [0.15, 0.2) is 30.3 Å². The molecule has 0 spiro atoms. The Labute approximate surface area is 163 Å². The van der Waals surface area contributed by atoms with Crippen molar-refractivity contribution in [3.63, 3.8) is 0 Å². The number of amides is 1. The van der Waals surface area contributed by atoms with Gasteiger partial charge in [0.05, 0.1) is 13.2 Å². The van der Waals surface area contributed by atoms with Crippen LogP contribution in [-0.4, -0.2) is 37.0 Å². The number of carbonyl (C=O) groups is 1. The van der Waals surface area contributed by atoms with Crippen molar-refractivity contribution in [2.24, 2.45) is 17.1 Å². The summed E-state index contributed by atoms with van der Waals surface area (Å²) >= 11 is 0. The summed E-state index contributed by atoms with van der Waals surface area (Å²) in [4.78, 5) is 14.8. The quantitative estimate of drug-likeness (QED) is 0.783. The second kappa shape index (κ2) is 10.3. The second-order valence-corrected chi connectivity index (χ2v) is 7.94. The lowest BCUT2D eigenvalue weighted by molar-refractivity contribution is -0.133. The first-order valence-electron chi connectivity index (χ1n) is 9.80. The number of rotatable bonds is 7. The van der Waals surface area contributed by atoms with Gasteiger partial charge in [0.25, 0.3) is 0 Å². The molecule has 26 heavy (non-hydrogen) atoms. The minimum absolute atomic E-state index is 0. The summed E-state index contributed by atoms with van der Waals surface area (Å²) < 4.78 is 5.86. The maximum Gasteiger partial charge on any atom is 0.223 e. The Bertz CT molecular complexity index is 546. The van der Waals surface area contributed by atoms with Crippen LogP contribution in [0, 0.1) is 11.3 Å². The predicted octanol–water partition coefficient (Wildman–Crippen LogP) is 3.77. The number of halogens is 1. The Kier molecular flexibility index (Phi) is 8.39. The lowest BCUT2D eigenvalue weighted by Crippen LogP contribution is -2.40. The number of likely N-dealkylation sites (tertiary alicyclic amines) is 1. The Balaban J connectivity index is 0.00000243. The van der Waals surface area contributed by atoms with Crippen molar-refractivity contribution in [3.05, 3.63) is 35.9 Å². The fourth-order valence-corrected chi connectivity index (χ4v) is 4.30. The van der Waals surface area contributed by atoms with Crippen LogP contribution in [0.25, 0.3) is 0 Å². The number of nitrogens with two attached hydrogens (primary N) is 1. The second-order valence-electron chi connectivity index (χ2n) is 7.94. The molecule has 2 N–H and O–H groups in total. The number of hydrogen-bond acceptors (Lipinski definition) is 3. The summed E-state index contributed by atoms with van der Waals surface area (Å²) in [6.07, 6.45) is 7.66. The van der Waals surface area contributed by atoms with Gasteiger partial charge in [-0.2, -0.15) is 0 Å². The van der Waals surface area contributed by atoms with E-state index >= 15 is 0 Å². The number of hydrogen-bond donors (Lipinski definition) is 1. The minimum atomic E-state index is 0. The highest BCUT2D eigenvalue weighted by Crippen LogP contribution is 2.39. The van der Waals surface area contributed by atoms with E-state index in [9.17, 15) is 4.79 Å². The molecule has 1 amide bonds. The molecule has 0 bridgehead atoms. The Morgan fingerprint density at radius 2 is 1.92 bits per heavy atom. The van der Waals surface area contributed by atoms with E-state index < -0.39 is 0 Å².